The van der Waals surface area contributed by atoms with Gasteiger partial charge in [0.05, 0.1) is 0 Å². The fourth-order valence-electron chi connectivity index (χ4n) is 2.04. The lowest BCUT2D eigenvalue weighted by Crippen LogP contribution is -2.36. The van der Waals surface area contributed by atoms with Gasteiger partial charge in [-0.05, 0) is 37.9 Å². The molecule has 0 heterocycles. The first kappa shape index (κ1) is 17.9. The Hall–Kier alpha value is -1.15. The molecule has 0 fully saturated rings. The van der Waals surface area contributed by atoms with Crippen LogP contribution in [0.1, 0.15) is 18.9 Å². The van der Waals surface area contributed by atoms with Crippen LogP contribution in [0.5, 0.6) is 5.75 Å². The molecular formula is C17H25NO2S. The maximum absolute atomic E-state index is 8.71. The second-order valence-electron chi connectivity index (χ2n) is 4.83. The molecule has 3 nitrogen and oxygen atoms in total. The molecule has 0 saturated carbocycles. The highest BCUT2D eigenvalue weighted by molar-refractivity contribution is 7.98. The van der Waals surface area contributed by atoms with Crippen LogP contribution >= 0.6 is 11.8 Å². The Morgan fingerprint density at radius 3 is 2.90 bits per heavy atom. The molecule has 0 radical (unpaired) electrons. The largest absolute Gasteiger partial charge is 0.492 e. The quantitative estimate of drug-likeness (QED) is 0.748. The molecule has 0 aliphatic rings. The van der Waals surface area contributed by atoms with Crippen LogP contribution in [0.4, 0.5) is 0 Å². The van der Waals surface area contributed by atoms with Gasteiger partial charge in [0.25, 0.3) is 0 Å². The lowest BCUT2D eigenvalue weighted by Gasteiger charge is -2.26. The van der Waals surface area contributed by atoms with Gasteiger partial charge in [-0.1, -0.05) is 24.8 Å². The Balaban J connectivity index is 2.44. The molecular weight excluding hydrogens is 282 g/mol. The number of rotatable bonds is 8. The third-order valence-electron chi connectivity index (χ3n) is 3.31. The summed E-state index contributed by atoms with van der Waals surface area (Å²) in [6, 6.07) is 8.27. The molecule has 4 heteroatoms. The van der Waals surface area contributed by atoms with Crippen molar-refractivity contribution in [2.75, 3.05) is 38.8 Å². The van der Waals surface area contributed by atoms with Gasteiger partial charge in [-0.3, -0.25) is 4.90 Å². The minimum absolute atomic E-state index is 0.121. The van der Waals surface area contributed by atoms with Gasteiger partial charge in [0.2, 0.25) is 0 Å². The maximum Gasteiger partial charge on any atom is 0.120 e. The smallest absolute Gasteiger partial charge is 0.120 e. The summed E-state index contributed by atoms with van der Waals surface area (Å²) in [4.78, 5) is 2.35. The predicted octanol–water partition coefficient (Wildman–Crippen LogP) is 2.48. The van der Waals surface area contributed by atoms with Crippen molar-refractivity contribution in [2.45, 2.75) is 19.4 Å². The van der Waals surface area contributed by atoms with E-state index < -0.39 is 0 Å². The lowest BCUT2D eigenvalue weighted by molar-refractivity contribution is 0.199. The van der Waals surface area contributed by atoms with Gasteiger partial charge in [-0.25, -0.2) is 0 Å². The molecule has 0 aliphatic heterocycles. The Kier molecular flexibility index (Phi) is 9.00. The molecule has 1 N–H and O–H groups in total. The van der Waals surface area contributed by atoms with Gasteiger partial charge in [0.1, 0.15) is 19.0 Å². The number of ether oxygens (including phenoxy) is 1. The second-order valence-corrected chi connectivity index (χ2v) is 5.74. The highest BCUT2D eigenvalue weighted by Gasteiger charge is 2.11. The monoisotopic (exact) mass is 307 g/mol. The Morgan fingerprint density at radius 2 is 2.24 bits per heavy atom. The standard InChI is InChI=1S/C17H25NO2S/c1-4-16(14-21-3)18(2)10-12-20-17-9-5-7-15(13-17)8-6-11-19/h5,7,9,13,16,19H,4,10-12,14H2,1-3H3. The molecule has 116 valence electrons. The molecule has 0 saturated heterocycles. The fourth-order valence-corrected chi connectivity index (χ4v) is 2.92. The highest BCUT2D eigenvalue weighted by Crippen LogP contribution is 2.13. The van der Waals surface area contributed by atoms with Crippen molar-refractivity contribution in [3.63, 3.8) is 0 Å². The lowest BCUT2D eigenvalue weighted by atomic mass is 10.2. The van der Waals surface area contributed by atoms with Crippen LogP contribution < -0.4 is 4.74 Å². The Morgan fingerprint density at radius 1 is 1.43 bits per heavy atom. The van der Waals surface area contributed by atoms with Crippen LogP contribution in [0.25, 0.3) is 0 Å². The van der Waals surface area contributed by atoms with E-state index in [-0.39, 0.29) is 6.61 Å². The molecule has 0 spiro atoms. The van der Waals surface area contributed by atoms with Gasteiger partial charge in [0.15, 0.2) is 0 Å². The van der Waals surface area contributed by atoms with Gasteiger partial charge in [0, 0.05) is 23.9 Å². The first-order valence-corrected chi connectivity index (χ1v) is 8.62. The average Bonchev–Trinajstić information content (AvgIpc) is 2.50. The summed E-state index contributed by atoms with van der Waals surface area (Å²) in [5, 5.41) is 8.71. The number of hydrogen-bond donors (Lipinski definition) is 1. The molecule has 1 rings (SSSR count). The number of benzene rings is 1. The fraction of sp³-hybridized carbons (Fsp3) is 0.529. The van der Waals surface area contributed by atoms with Crippen molar-refractivity contribution in [1.29, 1.82) is 0 Å². The molecule has 1 atom stereocenters. The molecule has 1 aromatic carbocycles. The maximum atomic E-state index is 8.71. The summed E-state index contributed by atoms with van der Waals surface area (Å²) in [5.41, 5.74) is 0.865. The number of aliphatic hydroxyl groups excluding tert-OH is 1. The summed E-state index contributed by atoms with van der Waals surface area (Å²) in [6.07, 6.45) is 3.30. The number of hydrogen-bond acceptors (Lipinski definition) is 4. The topological polar surface area (TPSA) is 32.7 Å². The summed E-state index contributed by atoms with van der Waals surface area (Å²) < 4.78 is 5.79. The summed E-state index contributed by atoms with van der Waals surface area (Å²) in [5.74, 6) is 7.50. The molecule has 1 unspecified atom stereocenters. The third kappa shape index (κ3) is 6.90. The molecule has 21 heavy (non-hydrogen) atoms. The molecule has 0 aliphatic carbocycles. The predicted molar refractivity (Wildman–Crippen MR) is 91.0 cm³/mol. The first-order chi connectivity index (χ1) is 10.2. The van der Waals surface area contributed by atoms with Crippen LogP contribution in [0.15, 0.2) is 24.3 Å². The minimum atomic E-state index is -0.121. The third-order valence-corrected chi connectivity index (χ3v) is 4.03. The van der Waals surface area contributed by atoms with E-state index in [0.29, 0.717) is 12.6 Å². The van der Waals surface area contributed by atoms with E-state index in [9.17, 15) is 0 Å². The van der Waals surface area contributed by atoms with Crippen LogP contribution in [-0.4, -0.2) is 54.9 Å². The number of nitrogens with zero attached hydrogens (tertiary/aromatic N) is 1. The van der Waals surface area contributed by atoms with E-state index in [1.54, 1.807) is 0 Å². The van der Waals surface area contributed by atoms with E-state index >= 15 is 0 Å². The van der Waals surface area contributed by atoms with Crippen molar-refractivity contribution in [1.82, 2.24) is 4.90 Å². The van der Waals surface area contributed by atoms with Crippen LogP contribution in [-0.2, 0) is 0 Å². The van der Waals surface area contributed by atoms with E-state index in [4.69, 9.17) is 9.84 Å². The molecule has 1 aromatic rings. The van der Waals surface area contributed by atoms with Gasteiger partial charge < -0.3 is 9.84 Å². The zero-order chi connectivity index (χ0) is 15.5. The SMILES string of the molecule is CCC(CSC)N(C)CCOc1cccc(C#CCO)c1. The summed E-state index contributed by atoms with van der Waals surface area (Å²) in [7, 11) is 2.15. The van der Waals surface area contributed by atoms with Crippen molar-refractivity contribution < 1.29 is 9.84 Å². The summed E-state index contributed by atoms with van der Waals surface area (Å²) >= 11 is 1.88. The summed E-state index contributed by atoms with van der Waals surface area (Å²) in [6.45, 7) is 3.68. The minimum Gasteiger partial charge on any atom is -0.492 e. The van der Waals surface area contributed by atoms with Crippen LogP contribution in [0.3, 0.4) is 0 Å². The van der Waals surface area contributed by atoms with Crippen molar-refractivity contribution in [3.05, 3.63) is 29.8 Å². The van der Waals surface area contributed by atoms with E-state index in [2.05, 4.69) is 37.0 Å². The number of thioether (sulfide) groups is 1. The zero-order valence-corrected chi connectivity index (χ0v) is 13.9. The second kappa shape index (κ2) is 10.6. The van der Waals surface area contributed by atoms with E-state index in [0.717, 1.165) is 30.0 Å². The zero-order valence-electron chi connectivity index (χ0n) is 13.1. The van der Waals surface area contributed by atoms with Crippen LogP contribution in [0, 0.1) is 11.8 Å². The van der Waals surface area contributed by atoms with Crippen molar-refractivity contribution in [3.8, 4) is 17.6 Å². The van der Waals surface area contributed by atoms with Gasteiger partial charge in [-0.2, -0.15) is 11.8 Å². The van der Waals surface area contributed by atoms with Crippen molar-refractivity contribution in [2.24, 2.45) is 0 Å². The normalized spacial score (nSPS) is 11.9. The molecule has 0 amide bonds. The Bertz CT molecular complexity index is 467. The van der Waals surface area contributed by atoms with E-state index in [1.807, 2.05) is 36.0 Å². The average molecular weight is 307 g/mol. The van der Waals surface area contributed by atoms with Crippen molar-refractivity contribution >= 4 is 11.8 Å². The van der Waals surface area contributed by atoms with Gasteiger partial charge >= 0.3 is 0 Å². The number of likely N-dealkylation sites (N-methyl/N-ethyl adjacent to an activating group) is 1. The van der Waals surface area contributed by atoms with Gasteiger partial charge in [-0.15, -0.1) is 0 Å². The van der Waals surface area contributed by atoms with E-state index in [1.165, 1.54) is 0 Å². The number of aliphatic hydroxyl groups is 1. The van der Waals surface area contributed by atoms with Crippen LogP contribution in [0.2, 0.25) is 0 Å². The first-order valence-electron chi connectivity index (χ1n) is 7.23. The molecule has 0 aromatic heterocycles. The Labute approximate surface area is 132 Å². The molecule has 0 bridgehead atoms. The highest BCUT2D eigenvalue weighted by atomic mass is 32.2.